The molecule has 0 saturated heterocycles. The van der Waals surface area contributed by atoms with Crippen LogP contribution < -0.4 is 10.6 Å². The Labute approximate surface area is 143 Å². The van der Waals surface area contributed by atoms with Crippen LogP contribution in [-0.4, -0.2) is 48.0 Å². The Hall–Kier alpha value is -2.47. The Balaban J connectivity index is 1.93. The Bertz CT molecular complexity index is 655. The van der Waals surface area contributed by atoms with Crippen molar-refractivity contribution in [3.8, 4) is 0 Å². The van der Waals surface area contributed by atoms with Gasteiger partial charge in [-0.3, -0.25) is 4.79 Å². The zero-order valence-corrected chi connectivity index (χ0v) is 14.5. The maximum Gasteiger partial charge on any atom is 0.270 e. The second-order valence-electron chi connectivity index (χ2n) is 5.85. The predicted molar refractivity (Wildman–Crippen MR) is 96.6 cm³/mol. The van der Waals surface area contributed by atoms with Crippen LogP contribution in [0.4, 0.5) is 11.6 Å². The SMILES string of the molecule is CCc1ccc(Nc2nccc(C(=O)NCCCN(C)C)n2)cc1. The van der Waals surface area contributed by atoms with E-state index in [0.717, 1.165) is 25.1 Å². The van der Waals surface area contributed by atoms with Crippen LogP contribution in [0.3, 0.4) is 0 Å². The third-order valence-electron chi connectivity index (χ3n) is 3.57. The van der Waals surface area contributed by atoms with E-state index in [1.165, 1.54) is 5.56 Å². The van der Waals surface area contributed by atoms with Crippen molar-refractivity contribution < 1.29 is 4.79 Å². The van der Waals surface area contributed by atoms with Crippen molar-refractivity contribution in [2.24, 2.45) is 0 Å². The Morgan fingerprint density at radius 3 is 2.58 bits per heavy atom. The monoisotopic (exact) mass is 327 g/mol. The van der Waals surface area contributed by atoms with Crippen molar-refractivity contribution in [3.05, 3.63) is 47.8 Å². The summed E-state index contributed by atoms with van der Waals surface area (Å²) in [5, 5.41) is 6.00. The fraction of sp³-hybridized carbons (Fsp3) is 0.389. The molecule has 0 radical (unpaired) electrons. The number of anilines is 2. The van der Waals surface area contributed by atoms with Crippen molar-refractivity contribution in [1.82, 2.24) is 20.2 Å². The lowest BCUT2D eigenvalue weighted by Gasteiger charge is -2.10. The van der Waals surface area contributed by atoms with Gasteiger partial charge in [-0.2, -0.15) is 0 Å². The van der Waals surface area contributed by atoms with E-state index in [9.17, 15) is 4.79 Å². The van der Waals surface area contributed by atoms with Crippen LogP contribution in [0.25, 0.3) is 0 Å². The second kappa shape index (κ2) is 8.98. The maximum atomic E-state index is 12.1. The molecule has 0 unspecified atom stereocenters. The van der Waals surface area contributed by atoms with Gasteiger partial charge in [-0.15, -0.1) is 0 Å². The van der Waals surface area contributed by atoms with Gasteiger partial charge in [0.1, 0.15) is 5.69 Å². The van der Waals surface area contributed by atoms with Crippen molar-refractivity contribution in [2.75, 3.05) is 32.5 Å². The van der Waals surface area contributed by atoms with Crippen LogP contribution in [0.2, 0.25) is 0 Å². The molecular weight excluding hydrogens is 302 g/mol. The second-order valence-corrected chi connectivity index (χ2v) is 5.85. The molecule has 1 aromatic heterocycles. The van der Waals surface area contributed by atoms with E-state index in [4.69, 9.17) is 0 Å². The van der Waals surface area contributed by atoms with Gasteiger partial charge in [0.25, 0.3) is 5.91 Å². The lowest BCUT2D eigenvalue weighted by molar-refractivity contribution is 0.0947. The first-order chi connectivity index (χ1) is 11.6. The zero-order valence-electron chi connectivity index (χ0n) is 14.5. The number of hydrogen-bond donors (Lipinski definition) is 2. The summed E-state index contributed by atoms with van der Waals surface area (Å²) in [5.41, 5.74) is 2.53. The van der Waals surface area contributed by atoms with Crippen molar-refractivity contribution in [2.45, 2.75) is 19.8 Å². The number of nitrogens with zero attached hydrogens (tertiary/aromatic N) is 3. The van der Waals surface area contributed by atoms with E-state index in [1.54, 1.807) is 12.3 Å². The van der Waals surface area contributed by atoms with Gasteiger partial charge in [0.2, 0.25) is 5.95 Å². The molecule has 0 bridgehead atoms. The summed E-state index contributed by atoms with van der Waals surface area (Å²) in [6.07, 6.45) is 3.49. The van der Waals surface area contributed by atoms with Gasteiger partial charge in [-0.05, 0) is 57.2 Å². The fourth-order valence-corrected chi connectivity index (χ4v) is 2.19. The average Bonchev–Trinajstić information content (AvgIpc) is 2.59. The molecule has 0 spiro atoms. The molecule has 0 fully saturated rings. The zero-order chi connectivity index (χ0) is 17.4. The number of amides is 1. The summed E-state index contributed by atoms with van der Waals surface area (Å²) >= 11 is 0. The first-order valence-electron chi connectivity index (χ1n) is 8.20. The van der Waals surface area contributed by atoms with Crippen LogP contribution in [0.5, 0.6) is 0 Å². The third kappa shape index (κ3) is 5.62. The smallest absolute Gasteiger partial charge is 0.270 e. The van der Waals surface area contributed by atoms with Crippen LogP contribution in [0.1, 0.15) is 29.4 Å². The Morgan fingerprint density at radius 2 is 1.92 bits per heavy atom. The quantitative estimate of drug-likeness (QED) is 0.729. The van der Waals surface area contributed by atoms with E-state index in [0.29, 0.717) is 18.2 Å². The molecule has 1 heterocycles. The molecule has 2 aromatic rings. The van der Waals surface area contributed by atoms with Gasteiger partial charge < -0.3 is 15.5 Å². The number of hydrogen-bond acceptors (Lipinski definition) is 5. The highest BCUT2D eigenvalue weighted by molar-refractivity contribution is 5.92. The van der Waals surface area contributed by atoms with Crippen molar-refractivity contribution >= 4 is 17.5 Å². The van der Waals surface area contributed by atoms with Gasteiger partial charge in [0.15, 0.2) is 0 Å². The first-order valence-corrected chi connectivity index (χ1v) is 8.20. The molecule has 0 aliphatic heterocycles. The van der Waals surface area contributed by atoms with Crippen molar-refractivity contribution in [3.63, 3.8) is 0 Å². The van der Waals surface area contributed by atoms with E-state index in [1.807, 2.05) is 26.2 Å². The predicted octanol–water partition coefficient (Wildman–Crippen LogP) is 2.46. The van der Waals surface area contributed by atoms with Crippen molar-refractivity contribution in [1.29, 1.82) is 0 Å². The maximum absolute atomic E-state index is 12.1. The van der Waals surface area contributed by atoms with E-state index < -0.39 is 0 Å². The lowest BCUT2D eigenvalue weighted by Crippen LogP contribution is -2.28. The molecule has 24 heavy (non-hydrogen) atoms. The number of carbonyl (C=O) groups is 1. The minimum atomic E-state index is -0.180. The first kappa shape index (κ1) is 17.9. The number of aryl methyl sites for hydroxylation is 1. The largest absolute Gasteiger partial charge is 0.351 e. The number of rotatable bonds is 8. The van der Waals surface area contributed by atoms with Crippen LogP contribution in [-0.2, 0) is 6.42 Å². The third-order valence-corrected chi connectivity index (χ3v) is 3.57. The normalized spacial score (nSPS) is 10.7. The fourth-order valence-electron chi connectivity index (χ4n) is 2.19. The van der Waals surface area contributed by atoms with E-state index >= 15 is 0 Å². The summed E-state index contributed by atoms with van der Waals surface area (Å²) in [5.74, 6) is 0.237. The highest BCUT2D eigenvalue weighted by Crippen LogP contribution is 2.14. The molecule has 6 nitrogen and oxygen atoms in total. The van der Waals surface area contributed by atoms with Gasteiger partial charge in [0, 0.05) is 18.4 Å². The number of carbonyl (C=O) groups excluding carboxylic acids is 1. The molecule has 2 N–H and O–H groups in total. The van der Waals surface area contributed by atoms with Crippen LogP contribution in [0.15, 0.2) is 36.5 Å². The standard InChI is InChI=1S/C18H25N5O/c1-4-14-6-8-15(9-7-14)21-18-20-12-10-16(22-18)17(24)19-11-5-13-23(2)3/h6-10,12H,4-5,11,13H2,1-3H3,(H,19,24)(H,20,21,22). The molecule has 0 saturated carbocycles. The Morgan fingerprint density at radius 1 is 1.17 bits per heavy atom. The molecule has 0 aliphatic rings. The molecule has 0 aliphatic carbocycles. The molecule has 6 heteroatoms. The van der Waals surface area contributed by atoms with E-state index in [-0.39, 0.29) is 5.91 Å². The topological polar surface area (TPSA) is 70.2 Å². The molecule has 1 amide bonds. The van der Waals surface area contributed by atoms with Gasteiger partial charge >= 0.3 is 0 Å². The molecule has 1 aromatic carbocycles. The number of aromatic nitrogens is 2. The number of benzene rings is 1. The summed E-state index contributed by atoms with van der Waals surface area (Å²) < 4.78 is 0. The van der Waals surface area contributed by atoms with Crippen LogP contribution in [0, 0.1) is 0 Å². The highest BCUT2D eigenvalue weighted by Gasteiger charge is 2.08. The summed E-state index contributed by atoms with van der Waals surface area (Å²) in [6, 6.07) is 9.70. The van der Waals surface area contributed by atoms with Gasteiger partial charge in [-0.1, -0.05) is 19.1 Å². The summed E-state index contributed by atoms with van der Waals surface area (Å²) in [7, 11) is 4.02. The number of nitrogens with one attached hydrogen (secondary N) is 2. The average molecular weight is 327 g/mol. The van der Waals surface area contributed by atoms with E-state index in [2.05, 4.69) is 44.6 Å². The Kier molecular flexibility index (Phi) is 6.69. The molecular formula is C18H25N5O. The van der Waals surface area contributed by atoms with Gasteiger partial charge in [0.05, 0.1) is 0 Å². The molecule has 128 valence electrons. The minimum Gasteiger partial charge on any atom is -0.351 e. The lowest BCUT2D eigenvalue weighted by atomic mass is 10.1. The van der Waals surface area contributed by atoms with Crippen LogP contribution >= 0.6 is 0 Å². The summed E-state index contributed by atoms with van der Waals surface area (Å²) in [4.78, 5) is 22.7. The van der Waals surface area contributed by atoms with Gasteiger partial charge in [-0.25, -0.2) is 9.97 Å². The molecule has 0 atom stereocenters. The summed E-state index contributed by atoms with van der Waals surface area (Å²) in [6.45, 7) is 3.68. The molecule has 2 rings (SSSR count). The highest BCUT2D eigenvalue weighted by atomic mass is 16.1. The minimum absolute atomic E-state index is 0.180.